The minimum atomic E-state index is 0. The summed E-state index contributed by atoms with van der Waals surface area (Å²) in [6.45, 7) is 8.94. The van der Waals surface area contributed by atoms with Crippen molar-refractivity contribution in [2.75, 3.05) is 0 Å². The molecule has 0 aromatic carbocycles. The van der Waals surface area contributed by atoms with Crippen molar-refractivity contribution in [3.8, 4) is 0 Å². The molecule has 82 valence electrons. The summed E-state index contributed by atoms with van der Waals surface area (Å²) in [6, 6.07) is 0. The van der Waals surface area contributed by atoms with Gasteiger partial charge in [-0.25, -0.2) is 0 Å². The topological polar surface area (TPSA) is 9.23 Å². The van der Waals surface area contributed by atoms with E-state index in [4.69, 9.17) is 17.4 Å². The van der Waals surface area contributed by atoms with Crippen LogP contribution in [0.25, 0.3) is 0 Å². The van der Waals surface area contributed by atoms with Gasteiger partial charge in [0.15, 0.2) is 0 Å². The summed E-state index contributed by atoms with van der Waals surface area (Å²) in [6.07, 6.45) is 1.48. The SMILES string of the molecule is CCC1OC([S-])C(C)C(C)C1C.[Au+]. The Kier molecular flexibility index (Phi) is 6.29. The third kappa shape index (κ3) is 3.00. The normalized spacial score (nSPS) is 45.5. The van der Waals surface area contributed by atoms with E-state index in [0.29, 0.717) is 23.9 Å². The van der Waals surface area contributed by atoms with Crippen LogP contribution in [-0.2, 0) is 39.7 Å². The summed E-state index contributed by atoms with van der Waals surface area (Å²) >= 11 is 5.26. The van der Waals surface area contributed by atoms with Gasteiger partial charge >= 0.3 is 22.4 Å². The van der Waals surface area contributed by atoms with Crippen LogP contribution in [0.2, 0.25) is 0 Å². The van der Waals surface area contributed by atoms with E-state index in [9.17, 15) is 0 Å². The molecule has 5 unspecified atom stereocenters. The van der Waals surface area contributed by atoms with Crippen molar-refractivity contribution in [3.05, 3.63) is 0 Å². The van der Waals surface area contributed by atoms with Crippen LogP contribution < -0.4 is 0 Å². The van der Waals surface area contributed by atoms with Crippen LogP contribution in [0.1, 0.15) is 34.1 Å². The summed E-state index contributed by atoms with van der Waals surface area (Å²) in [5.74, 6) is 1.88. The first kappa shape index (κ1) is 14.1. The van der Waals surface area contributed by atoms with Gasteiger partial charge in [0.25, 0.3) is 0 Å². The fraction of sp³-hybridized carbons (Fsp3) is 1.00. The van der Waals surface area contributed by atoms with Gasteiger partial charge in [0.05, 0.1) is 6.10 Å². The first-order valence-electron chi connectivity index (χ1n) is 4.89. The molecule has 1 nitrogen and oxygen atoms in total. The molecule has 0 aromatic heterocycles. The van der Waals surface area contributed by atoms with Gasteiger partial charge in [-0.15, -0.1) is 0 Å². The molecule has 0 saturated carbocycles. The van der Waals surface area contributed by atoms with Gasteiger partial charge in [-0.2, -0.15) is 0 Å². The second kappa shape index (κ2) is 5.82. The summed E-state index contributed by atoms with van der Waals surface area (Å²) in [5.41, 5.74) is 0.0288. The predicted octanol–water partition coefficient (Wildman–Crippen LogP) is 2.57. The third-order valence-electron chi connectivity index (χ3n) is 3.39. The summed E-state index contributed by atoms with van der Waals surface area (Å²) in [4.78, 5) is 0. The van der Waals surface area contributed by atoms with Gasteiger partial charge in [-0.1, -0.05) is 33.1 Å². The van der Waals surface area contributed by atoms with Crippen molar-refractivity contribution >= 4 is 12.6 Å². The van der Waals surface area contributed by atoms with Gasteiger partial charge in [0.1, 0.15) is 0 Å². The Morgan fingerprint density at radius 3 is 2.08 bits per heavy atom. The van der Waals surface area contributed by atoms with Crippen molar-refractivity contribution in [2.24, 2.45) is 17.8 Å². The zero-order valence-electron chi connectivity index (χ0n) is 8.71. The van der Waals surface area contributed by atoms with E-state index in [0.717, 1.165) is 6.42 Å². The monoisotopic (exact) mass is 384 g/mol. The standard InChI is InChI=1S/C10H20OS.Au/c1-5-9-7(3)6(2)8(4)10(12)11-9;/h6-10,12H,5H2,1-4H3;/q;+1/p-1. The molecule has 0 aromatic rings. The maximum Gasteiger partial charge on any atom is 1.00 e. The molecule has 13 heavy (non-hydrogen) atoms. The largest absolute Gasteiger partial charge is 1.00 e. The average molecular weight is 384 g/mol. The van der Waals surface area contributed by atoms with Crippen LogP contribution in [0.5, 0.6) is 0 Å². The van der Waals surface area contributed by atoms with Crippen LogP contribution in [0, 0.1) is 17.8 Å². The maximum absolute atomic E-state index is 5.75. The first-order chi connectivity index (χ1) is 5.57. The summed E-state index contributed by atoms with van der Waals surface area (Å²) < 4.78 is 5.75. The summed E-state index contributed by atoms with van der Waals surface area (Å²) in [7, 11) is 0. The number of hydrogen-bond acceptors (Lipinski definition) is 2. The van der Waals surface area contributed by atoms with Crippen molar-refractivity contribution in [1.29, 1.82) is 0 Å². The van der Waals surface area contributed by atoms with Gasteiger partial charge in [0.2, 0.25) is 0 Å². The molecule has 1 aliphatic heterocycles. The maximum atomic E-state index is 5.75. The molecular formula is C10H19AuOS. The van der Waals surface area contributed by atoms with Crippen molar-refractivity contribution < 1.29 is 27.1 Å². The van der Waals surface area contributed by atoms with Crippen molar-refractivity contribution in [1.82, 2.24) is 0 Å². The van der Waals surface area contributed by atoms with E-state index < -0.39 is 0 Å². The molecule has 0 radical (unpaired) electrons. The van der Waals surface area contributed by atoms with Crippen molar-refractivity contribution in [3.63, 3.8) is 0 Å². The van der Waals surface area contributed by atoms with Gasteiger partial charge in [0, 0.05) is 0 Å². The molecule has 0 spiro atoms. The average Bonchev–Trinajstić information content (AvgIpc) is 2.08. The predicted molar refractivity (Wildman–Crippen MR) is 53.8 cm³/mol. The van der Waals surface area contributed by atoms with E-state index >= 15 is 0 Å². The molecule has 1 saturated heterocycles. The summed E-state index contributed by atoms with van der Waals surface area (Å²) in [5, 5.41) is 0. The molecule has 0 bridgehead atoms. The van der Waals surface area contributed by atoms with Gasteiger partial charge < -0.3 is 17.4 Å². The molecule has 0 N–H and O–H groups in total. The van der Waals surface area contributed by atoms with Crippen LogP contribution in [0.4, 0.5) is 0 Å². The van der Waals surface area contributed by atoms with E-state index in [1.807, 2.05) is 0 Å². The zero-order valence-corrected chi connectivity index (χ0v) is 11.7. The van der Waals surface area contributed by atoms with Crippen LogP contribution >= 0.6 is 0 Å². The second-order valence-electron chi connectivity index (χ2n) is 4.03. The van der Waals surface area contributed by atoms with Crippen LogP contribution in [0.15, 0.2) is 0 Å². The Labute approximate surface area is 103 Å². The van der Waals surface area contributed by atoms with E-state index in [-0.39, 0.29) is 27.8 Å². The van der Waals surface area contributed by atoms with Crippen molar-refractivity contribution in [2.45, 2.75) is 45.7 Å². The molecule has 3 heteroatoms. The molecule has 5 atom stereocenters. The number of hydrogen-bond donors (Lipinski definition) is 0. The number of ether oxygens (including phenoxy) is 1. The minimum Gasteiger partial charge on any atom is -0.761 e. The number of rotatable bonds is 1. The molecule has 1 fully saturated rings. The van der Waals surface area contributed by atoms with Gasteiger partial charge in [-0.3, -0.25) is 0 Å². The molecule has 0 aliphatic carbocycles. The van der Waals surface area contributed by atoms with E-state index in [2.05, 4.69) is 27.7 Å². The fourth-order valence-corrected chi connectivity index (χ4v) is 2.34. The molecule has 1 rings (SSSR count). The molecule has 0 amide bonds. The van der Waals surface area contributed by atoms with Crippen LogP contribution in [-0.4, -0.2) is 11.5 Å². The fourth-order valence-electron chi connectivity index (χ4n) is 1.95. The zero-order chi connectivity index (χ0) is 9.30. The quantitative estimate of drug-likeness (QED) is 0.508. The third-order valence-corrected chi connectivity index (χ3v) is 3.93. The molecule has 1 aliphatic rings. The van der Waals surface area contributed by atoms with E-state index in [1.54, 1.807) is 0 Å². The Morgan fingerprint density at radius 2 is 1.62 bits per heavy atom. The molecule has 1 heterocycles. The second-order valence-corrected chi connectivity index (χ2v) is 4.49. The minimum absolute atomic E-state index is 0. The Hall–Kier alpha value is 1.05. The van der Waals surface area contributed by atoms with Crippen LogP contribution in [0.3, 0.4) is 0 Å². The van der Waals surface area contributed by atoms with Gasteiger partial charge in [-0.05, 0) is 24.2 Å². The Balaban J connectivity index is 0.00000144. The first-order valence-corrected chi connectivity index (χ1v) is 5.36. The Bertz CT molecular complexity index is 149. The Morgan fingerprint density at radius 1 is 1.08 bits per heavy atom. The van der Waals surface area contributed by atoms with E-state index in [1.165, 1.54) is 0 Å². The molecular weight excluding hydrogens is 365 g/mol. The smallest absolute Gasteiger partial charge is 0.761 e.